The highest BCUT2D eigenvalue weighted by Gasteiger charge is 2.21. The number of hydrogen-bond acceptors (Lipinski definition) is 3. The van der Waals surface area contributed by atoms with E-state index in [0.717, 1.165) is 37.1 Å². The molecular weight excluding hydrogens is 221 g/mol. The van der Waals surface area contributed by atoms with E-state index in [4.69, 9.17) is 4.74 Å². The highest BCUT2D eigenvalue weighted by atomic mass is 19.1. The monoisotopic (exact) mass is 239 g/mol. The molecule has 4 heteroatoms. The summed E-state index contributed by atoms with van der Waals surface area (Å²) in [6.45, 7) is 3.79. The van der Waals surface area contributed by atoms with Gasteiger partial charge in [-0.2, -0.15) is 0 Å². The van der Waals surface area contributed by atoms with Gasteiger partial charge in [0.1, 0.15) is 0 Å². The lowest BCUT2D eigenvalue weighted by molar-refractivity contribution is 0.346. The SMILES string of the molecule is COc1c(F)cc(C)c(CC2CCNC2)c1O. The first-order valence-corrected chi connectivity index (χ1v) is 5.89. The van der Waals surface area contributed by atoms with Gasteiger partial charge < -0.3 is 15.2 Å². The fraction of sp³-hybridized carbons (Fsp3) is 0.538. The van der Waals surface area contributed by atoms with E-state index in [1.165, 1.54) is 13.2 Å². The van der Waals surface area contributed by atoms with Crippen LogP contribution in [-0.2, 0) is 6.42 Å². The summed E-state index contributed by atoms with van der Waals surface area (Å²) < 4.78 is 18.4. The maximum Gasteiger partial charge on any atom is 0.196 e. The normalized spacial score (nSPS) is 19.6. The molecule has 0 aliphatic carbocycles. The number of rotatable bonds is 3. The molecule has 0 radical (unpaired) electrons. The second kappa shape index (κ2) is 4.92. The Morgan fingerprint density at radius 1 is 1.59 bits per heavy atom. The lowest BCUT2D eigenvalue weighted by atomic mass is 9.94. The lowest BCUT2D eigenvalue weighted by Gasteiger charge is -2.15. The van der Waals surface area contributed by atoms with Crippen molar-refractivity contribution in [3.63, 3.8) is 0 Å². The Morgan fingerprint density at radius 2 is 2.35 bits per heavy atom. The third kappa shape index (κ3) is 2.36. The first kappa shape index (κ1) is 12.2. The van der Waals surface area contributed by atoms with E-state index < -0.39 is 5.82 Å². The van der Waals surface area contributed by atoms with Crippen LogP contribution in [-0.4, -0.2) is 25.3 Å². The molecule has 0 amide bonds. The zero-order valence-corrected chi connectivity index (χ0v) is 10.2. The fourth-order valence-corrected chi connectivity index (χ4v) is 2.41. The topological polar surface area (TPSA) is 41.5 Å². The van der Waals surface area contributed by atoms with Crippen molar-refractivity contribution < 1.29 is 14.2 Å². The van der Waals surface area contributed by atoms with Crippen molar-refractivity contribution in [2.45, 2.75) is 19.8 Å². The molecule has 1 aliphatic rings. The molecule has 3 nitrogen and oxygen atoms in total. The highest BCUT2D eigenvalue weighted by molar-refractivity contribution is 5.50. The number of methoxy groups -OCH3 is 1. The molecular formula is C13H18FNO2. The Balaban J connectivity index is 2.31. The molecule has 0 aromatic heterocycles. The van der Waals surface area contributed by atoms with Gasteiger partial charge >= 0.3 is 0 Å². The van der Waals surface area contributed by atoms with E-state index in [-0.39, 0.29) is 11.5 Å². The van der Waals surface area contributed by atoms with Crippen molar-refractivity contribution >= 4 is 0 Å². The Kier molecular flexibility index (Phi) is 3.52. The maximum absolute atomic E-state index is 13.5. The molecule has 1 unspecified atom stereocenters. The smallest absolute Gasteiger partial charge is 0.196 e. The van der Waals surface area contributed by atoms with Crippen LogP contribution in [0.2, 0.25) is 0 Å². The number of ether oxygens (including phenoxy) is 1. The van der Waals surface area contributed by atoms with Gasteiger partial charge in [0.15, 0.2) is 17.3 Å². The van der Waals surface area contributed by atoms with Crippen molar-refractivity contribution in [1.82, 2.24) is 5.32 Å². The molecule has 1 aromatic rings. The molecule has 17 heavy (non-hydrogen) atoms. The number of phenolic OH excluding ortho intramolecular Hbond substituents is 1. The summed E-state index contributed by atoms with van der Waals surface area (Å²) in [4.78, 5) is 0. The van der Waals surface area contributed by atoms with E-state index in [1.54, 1.807) is 0 Å². The minimum Gasteiger partial charge on any atom is -0.504 e. The second-order valence-corrected chi connectivity index (χ2v) is 4.60. The highest BCUT2D eigenvalue weighted by Crippen LogP contribution is 2.36. The van der Waals surface area contributed by atoms with Crippen LogP contribution in [0.15, 0.2) is 6.07 Å². The molecule has 1 aromatic carbocycles. The van der Waals surface area contributed by atoms with Crippen LogP contribution in [0.4, 0.5) is 4.39 Å². The van der Waals surface area contributed by atoms with Crippen LogP contribution in [0.3, 0.4) is 0 Å². The molecule has 1 atom stereocenters. The van der Waals surface area contributed by atoms with Crippen molar-refractivity contribution in [2.75, 3.05) is 20.2 Å². The van der Waals surface area contributed by atoms with Crippen LogP contribution >= 0.6 is 0 Å². The van der Waals surface area contributed by atoms with E-state index in [1.807, 2.05) is 6.92 Å². The van der Waals surface area contributed by atoms with Crippen LogP contribution in [0.25, 0.3) is 0 Å². The number of phenols is 1. The minimum atomic E-state index is -0.504. The number of aromatic hydroxyl groups is 1. The Hall–Kier alpha value is -1.29. The quantitative estimate of drug-likeness (QED) is 0.847. The van der Waals surface area contributed by atoms with Gasteiger partial charge in [-0.3, -0.25) is 0 Å². The largest absolute Gasteiger partial charge is 0.504 e. The standard InChI is InChI=1S/C13H18FNO2/c1-8-5-11(14)13(17-2)12(16)10(8)6-9-3-4-15-7-9/h5,9,15-16H,3-4,6-7H2,1-2H3. The van der Waals surface area contributed by atoms with Crippen molar-refractivity contribution in [2.24, 2.45) is 5.92 Å². The number of halogens is 1. The predicted octanol–water partition coefficient (Wildman–Crippen LogP) is 2.00. The zero-order chi connectivity index (χ0) is 12.4. The summed E-state index contributed by atoms with van der Waals surface area (Å²) in [5.74, 6) is -0.0842. The summed E-state index contributed by atoms with van der Waals surface area (Å²) in [6.07, 6.45) is 1.86. The van der Waals surface area contributed by atoms with Crippen LogP contribution in [0.1, 0.15) is 17.5 Å². The van der Waals surface area contributed by atoms with Crippen LogP contribution in [0, 0.1) is 18.7 Å². The number of benzene rings is 1. The summed E-state index contributed by atoms with van der Waals surface area (Å²) in [6, 6.07) is 1.43. The van der Waals surface area contributed by atoms with Gasteiger partial charge in [-0.05, 0) is 50.4 Å². The summed E-state index contributed by atoms with van der Waals surface area (Å²) in [7, 11) is 1.37. The Bertz CT molecular complexity index is 414. The first-order valence-electron chi connectivity index (χ1n) is 5.89. The fourth-order valence-electron chi connectivity index (χ4n) is 2.41. The van der Waals surface area contributed by atoms with Gasteiger partial charge in [0.2, 0.25) is 0 Å². The third-order valence-corrected chi connectivity index (χ3v) is 3.40. The van der Waals surface area contributed by atoms with Crippen molar-refractivity contribution in [1.29, 1.82) is 0 Å². The number of aryl methyl sites for hydroxylation is 1. The lowest BCUT2D eigenvalue weighted by Crippen LogP contribution is -2.11. The summed E-state index contributed by atoms with van der Waals surface area (Å²) in [5.41, 5.74) is 1.59. The maximum atomic E-state index is 13.5. The summed E-state index contributed by atoms with van der Waals surface area (Å²) >= 11 is 0. The molecule has 1 aliphatic heterocycles. The third-order valence-electron chi connectivity index (χ3n) is 3.40. The van der Waals surface area contributed by atoms with Gasteiger partial charge in [-0.1, -0.05) is 0 Å². The van der Waals surface area contributed by atoms with Crippen molar-refractivity contribution in [3.8, 4) is 11.5 Å². The minimum absolute atomic E-state index is 0.0445. The molecule has 1 fully saturated rings. The number of hydrogen-bond donors (Lipinski definition) is 2. The first-order chi connectivity index (χ1) is 8.13. The Morgan fingerprint density at radius 3 is 2.94 bits per heavy atom. The van der Waals surface area contributed by atoms with Gasteiger partial charge in [-0.15, -0.1) is 0 Å². The van der Waals surface area contributed by atoms with E-state index in [2.05, 4.69) is 5.32 Å². The molecule has 2 rings (SSSR count). The van der Waals surface area contributed by atoms with E-state index in [0.29, 0.717) is 5.92 Å². The molecule has 0 bridgehead atoms. The second-order valence-electron chi connectivity index (χ2n) is 4.60. The average Bonchev–Trinajstić information content (AvgIpc) is 2.77. The van der Waals surface area contributed by atoms with Crippen molar-refractivity contribution in [3.05, 3.63) is 23.0 Å². The van der Waals surface area contributed by atoms with Gasteiger partial charge in [0, 0.05) is 5.56 Å². The molecule has 0 saturated carbocycles. The average molecular weight is 239 g/mol. The molecule has 2 N–H and O–H groups in total. The molecule has 1 saturated heterocycles. The molecule has 1 heterocycles. The molecule has 94 valence electrons. The van der Waals surface area contributed by atoms with E-state index >= 15 is 0 Å². The van der Waals surface area contributed by atoms with Gasteiger partial charge in [0.25, 0.3) is 0 Å². The molecule has 0 spiro atoms. The van der Waals surface area contributed by atoms with Gasteiger partial charge in [0.05, 0.1) is 7.11 Å². The van der Waals surface area contributed by atoms with Gasteiger partial charge in [-0.25, -0.2) is 4.39 Å². The summed E-state index contributed by atoms with van der Waals surface area (Å²) in [5, 5.41) is 13.3. The van der Waals surface area contributed by atoms with Crippen LogP contribution < -0.4 is 10.1 Å². The van der Waals surface area contributed by atoms with Crippen LogP contribution in [0.5, 0.6) is 11.5 Å². The predicted molar refractivity (Wildman–Crippen MR) is 64.0 cm³/mol. The van der Waals surface area contributed by atoms with E-state index in [9.17, 15) is 9.50 Å². The Labute approximate surface area is 101 Å². The zero-order valence-electron chi connectivity index (χ0n) is 10.2. The number of nitrogens with one attached hydrogen (secondary N) is 1.